The Bertz CT molecular complexity index is 1220. The van der Waals surface area contributed by atoms with E-state index in [1.807, 2.05) is 73.7 Å². The third-order valence-corrected chi connectivity index (χ3v) is 13.9. The number of aliphatic imine (C=N–C) groups is 1. The van der Waals surface area contributed by atoms with Gasteiger partial charge in [-0.2, -0.15) is 0 Å². The van der Waals surface area contributed by atoms with Crippen molar-refractivity contribution >= 4 is 20.0 Å². The standard InChI is InChI=1S/C40H61NO6Si/c1-9-11-12-13-14-15-16-23-29-43-38-36(41-35(32-24-19-17-20-25-32)33-26-21-18-22-27-33)39(44-28-10-2)47-34(37(38)46-31(3)42)30-45-48(7,8)40(4,5)6/h10,17-22,24-28,34,36-39H,9,11-16,23,29-30H2,1-8H3/b28-10-/t34-,36-,37-,38-,39+/m1/s1. The van der Waals surface area contributed by atoms with Gasteiger partial charge in [0.15, 0.2) is 14.4 Å². The number of hydrogen-bond donors (Lipinski definition) is 0. The van der Waals surface area contributed by atoms with Crippen molar-refractivity contribution in [3.63, 3.8) is 0 Å². The molecule has 3 rings (SSSR count). The Morgan fingerprint density at radius 2 is 1.44 bits per heavy atom. The average molecular weight is 680 g/mol. The summed E-state index contributed by atoms with van der Waals surface area (Å²) in [4.78, 5) is 18.0. The van der Waals surface area contributed by atoms with Gasteiger partial charge >= 0.3 is 5.97 Å². The Hall–Kier alpha value is -2.78. The van der Waals surface area contributed by atoms with Crippen molar-refractivity contribution in [3.8, 4) is 0 Å². The molecule has 0 aliphatic carbocycles. The Balaban J connectivity index is 2.02. The lowest BCUT2D eigenvalue weighted by Gasteiger charge is -2.45. The minimum atomic E-state index is -2.16. The van der Waals surface area contributed by atoms with E-state index in [0.29, 0.717) is 6.61 Å². The van der Waals surface area contributed by atoms with Gasteiger partial charge in [-0.15, -0.1) is 0 Å². The highest BCUT2D eigenvalue weighted by Gasteiger charge is 2.51. The molecule has 1 heterocycles. The molecule has 0 radical (unpaired) electrons. The zero-order valence-corrected chi connectivity index (χ0v) is 31.8. The van der Waals surface area contributed by atoms with E-state index in [4.69, 9.17) is 28.4 Å². The van der Waals surface area contributed by atoms with Gasteiger partial charge < -0.3 is 23.4 Å². The number of carbonyl (C=O) groups excluding carboxylic acids is 1. The first-order valence-corrected chi connectivity index (χ1v) is 20.9. The fraction of sp³-hybridized carbons (Fsp3) is 0.600. The zero-order valence-electron chi connectivity index (χ0n) is 30.8. The molecular weight excluding hydrogens is 619 g/mol. The van der Waals surface area contributed by atoms with Crippen molar-refractivity contribution in [1.29, 1.82) is 0 Å². The molecule has 48 heavy (non-hydrogen) atoms. The van der Waals surface area contributed by atoms with Crippen molar-refractivity contribution in [2.24, 2.45) is 4.99 Å². The Morgan fingerprint density at radius 1 is 0.875 bits per heavy atom. The summed E-state index contributed by atoms with van der Waals surface area (Å²) in [7, 11) is -2.16. The van der Waals surface area contributed by atoms with Crippen LogP contribution in [0.15, 0.2) is 78.0 Å². The van der Waals surface area contributed by atoms with Gasteiger partial charge in [0.2, 0.25) is 6.29 Å². The van der Waals surface area contributed by atoms with Gasteiger partial charge in [-0.3, -0.25) is 9.79 Å². The van der Waals surface area contributed by atoms with E-state index in [0.717, 1.165) is 29.7 Å². The second kappa shape index (κ2) is 20.0. The number of carbonyl (C=O) groups is 1. The lowest BCUT2D eigenvalue weighted by molar-refractivity contribution is -0.262. The maximum atomic E-state index is 12.7. The smallest absolute Gasteiger partial charge is 0.303 e. The summed E-state index contributed by atoms with van der Waals surface area (Å²) in [6, 6.07) is 19.6. The summed E-state index contributed by atoms with van der Waals surface area (Å²) in [5.41, 5.74) is 2.71. The molecule has 2 aromatic rings. The molecule has 0 aromatic heterocycles. The minimum Gasteiger partial charge on any atom is -0.470 e. The predicted octanol–water partition coefficient (Wildman–Crippen LogP) is 9.65. The molecule has 5 atom stereocenters. The van der Waals surface area contributed by atoms with Crippen LogP contribution in [0.1, 0.15) is 104 Å². The van der Waals surface area contributed by atoms with Crippen LogP contribution in [0.5, 0.6) is 0 Å². The van der Waals surface area contributed by atoms with Crippen LogP contribution in [0.2, 0.25) is 18.1 Å². The van der Waals surface area contributed by atoms with E-state index < -0.39 is 44.9 Å². The number of benzene rings is 2. The third-order valence-electron chi connectivity index (χ3n) is 9.36. The number of ether oxygens (including phenoxy) is 4. The normalized spacial score (nSPS) is 21.6. The van der Waals surface area contributed by atoms with Crippen LogP contribution in [0, 0.1) is 0 Å². The van der Waals surface area contributed by atoms with Crippen molar-refractivity contribution < 1.29 is 28.2 Å². The molecule has 0 spiro atoms. The number of unbranched alkanes of at least 4 members (excludes halogenated alkanes) is 7. The fourth-order valence-electron chi connectivity index (χ4n) is 5.58. The van der Waals surface area contributed by atoms with Gasteiger partial charge in [0.25, 0.3) is 0 Å². The van der Waals surface area contributed by atoms with Crippen molar-refractivity contribution in [2.75, 3.05) is 13.2 Å². The molecule has 0 saturated carbocycles. The molecular formula is C40H61NO6Si. The molecule has 0 unspecified atom stereocenters. The monoisotopic (exact) mass is 679 g/mol. The van der Waals surface area contributed by atoms with Gasteiger partial charge in [0.05, 0.1) is 18.6 Å². The second-order valence-corrected chi connectivity index (χ2v) is 19.1. The average Bonchev–Trinajstić information content (AvgIpc) is 3.06. The van der Waals surface area contributed by atoms with Crippen molar-refractivity contribution in [1.82, 2.24) is 0 Å². The first kappa shape index (κ1) is 39.7. The summed E-state index contributed by atoms with van der Waals surface area (Å²) in [6.07, 6.45) is 10.2. The third kappa shape index (κ3) is 12.3. The van der Waals surface area contributed by atoms with Crippen LogP contribution >= 0.6 is 0 Å². The maximum Gasteiger partial charge on any atom is 0.303 e. The number of hydrogen-bond acceptors (Lipinski definition) is 7. The van der Waals surface area contributed by atoms with Crippen LogP contribution in [0.25, 0.3) is 0 Å². The van der Waals surface area contributed by atoms with Crippen LogP contribution < -0.4 is 0 Å². The highest BCUT2D eigenvalue weighted by molar-refractivity contribution is 6.74. The van der Waals surface area contributed by atoms with Crippen LogP contribution in [0.3, 0.4) is 0 Å². The number of rotatable bonds is 19. The molecule has 1 fully saturated rings. The highest BCUT2D eigenvalue weighted by Crippen LogP contribution is 2.38. The molecule has 0 amide bonds. The first-order chi connectivity index (χ1) is 23.0. The first-order valence-electron chi connectivity index (χ1n) is 18.0. The van der Waals surface area contributed by atoms with Crippen molar-refractivity contribution in [2.45, 2.75) is 142 Å². The summed E-state index contributed by atoms with van der Waals surface area (Å²) in [5.74, 6) is -0.400. The molecule has 0 bridgehead atoms. The maximum absolute atomic E-state index is 12.7. The van der Waals surface area contributed by atoms with Gasteiger partial charge in [-0.25, -0.2) is 0 Å². The second-order valence-electron chi connectivity index (χ2n) is 14.3. The molecule has 1 aliphatic rings. The molecule has 8 heteroatoms. The van der Waals surface area contributed by atoms with Crippen molar-refractivity contribution in [3.05, 3.63) is 84.1 Å². The van der Waals surface area contributed by atoms with E-state index in [2.05, 4.69) is 40.8 Å². The Morgan fingerprint density at radius 3 is 1.96 bits per heavy atom. The number of esters is 1. The highest BCUT2D eigenvalue weighted by atomic mass is 28.4. The molecule has 7 nitrogen and oxygen atoms in total. The minimum absolute atomic E-state index is 0.00101. The van der Waals surface area contributed by atoms with Gasteiger partial charge in [-0.05, 0) is 31.5 Å². The van der Waals surface area contributed by atoms with Gasteiger partial charge in [0, 0.05) is 24.7 Å². The summed E-state index contributed by atoms with van der Waals surface area (Å²) in [5, 5.41) is -0.00101. The quantitative estimate of drug-likeness (QED) is 0.0484. The Kier molecular flexibility index (Phi) is 16.5. The lowest BCUT2D eigenvalue weighted by atomic mass is 9.95. The Labute approximate surface area is 291 Å². The predicted molar refractivity (Wildman–Crippen MR) is 198 cm³/mol. The summed E-state index contributed by atoms with van der Waals surface area (Å²) < 4.78 is 32.4. The molecule has 266 valence electrons. The van der Waals surface area contributed by atoms with E-state index in [1.165, 1.54) is 45.4 Å². The van der Waals surface area contributed by atoms with Crippen LogP contribution in [-0.4, -0.2) is 63.9 Å². The van der Waals surface area contributed by atoms with Crippen LogP contribution in [-0.2, 0) is 28.2 Å². The zero-order chi connectivity index (χ0) is 35.0. The number of allylic oxidation sites excluding steroid dienone is 1. The lowest BCUT2D eigenvalue weighted by Crippen LogP contribution is -2.61. The molecule has 1 aliphatic heterocycles. The van der Waals surface area contributed by atoms with Crippen LogP contribution in [0.4, 0.5) is 0 Å². The number of nitrogens with zero attached hydrogens (tertiary/aromatic N) is 1. The van der Waals surface area contributed by atoms with E-state index in [-0.39, 0.29) is 11.6 Å². The van der Waals surface area contributed by atoms with Gasteiger partial charge in [0.1, 0.15) is 18.2 Å². The van der Waals surface area contributed by atoms with E-state index in [9.17, 15) is 4.79 Å². The SMILES string of the molecule is C/C=C\O[C@H]1O[C@H](CO[Si](C)(C)C(C)(C)C)[C@@H](OC(C)=O)[C@H](OCCCCCCCCCC)[C@H]1N=C(c1ccccc1)c1ccccc1. The summed E-state index contributed by atoms with van der Waals surface area (Å²) >= 11 is 0. The summed E-state index contributed by atoms with van der Waals surface area (Å²) in [6.45, 7) is 17.4. The molecule has 0 N–H and O–H groups in total. The fourth-order valence-corrected chi connectivity index (χ4v) is 6.59. The van der Waals surface area contributed by atoms with Gasteiger partial charge in [-0.1, -0.05) is 139 Å². The van der Waals surface area contributed by atoms with E-state index >= 15 is 0 Å². The topological polar surface area (TPSA) is 75.6 Å². The van der Waals surface area contributed by atoms with E-state index in [1.54, 1.807) is 6.26 Å². The molecule has 1 saturated heterocycles. The largest absolute Gasteiger partial charge is 0.470 e. The molecule has 2 aromatic carbocycles.